The van der Waals surface area contributed by atoms with Gasteiger partial charge in [0.1, 0.15) is 13.6 Å². The van der Waals surface area contributed by atoms with Gasteiger partial charge in [0, 0.05) is 24.9 Å². The normalized spacial score (nSPS) is 12.7. The summed E-state index contributed by atoms with van der Waals surface area (Å²) in [7, 11) is 3.05. The van der Waals surface area contributed by atoms with Crippen LogP contribution in [0.2, 0.25) is 0 Å². The Hall–Kier alpha value is -1.60. The number of H-pyrrole nitrogens is 1. The molecular formula is C19H29N3P+. The van der Waals surface area contributed by atoms with Crippen LogP contribution in [0.25, 0.3) is 0 Å². The maximum absolute atomic E-state index is 4.48. The molecule has 0 bridgehead atoms. The van der Waals surface area contributed by atoms with E-state index in [1.54, 1.807) is 0 Å². The Morgan fingerprint density at radius 2 is 1.91 bits per heavy atom. The summed E-state index contributed by atoms with van der Waals surface area (Å²) in [6.07, 6.45) is 9.23. The highest BCUT2D eigenvalue weighted by atomic mass is 31.0. The summed E-state index contributed by atoms with van der Waals surface area (Å²) in [6, 6.07) is 8.62. The zero-order chi connectivity index (χ0) is 16.5. The number of rotatable bonds is 9. The minimum Gasteiger partial charge on any atom is -0.358 e. The second-order valence-electron chi connectivity index (χ2n) is 6.25. The molecule has 0 radical (unpaired) electrons. The van der Waals surface area contributed by atoms with Crippen LogP contribution in [-0.4, -0.2) is 42.1 Å². The Labute approximate surface area is 141 Å². The molecule has 2 heterocycles. The van der Waals surface area contributed by atoms with E-state index in [0.29, 0.717) is 0 Å². The van der Waals surface area contributed by atoms with Crippen LogP contribution >= 0.6 is 8.19 Å². The second kappa shape index (κ2) is 9.52. The molecule has 1 atom stereocenters. The van der Waals surface area contributed by atoms with Gasteiger partial charge >= 0.3 is 0 Å². The summed E-state index contributed by atoms with van der Waals surface area (Å²) in [5.74, 6) is 0. The number of aliphatic imine (C=N–C) groups is 1. The van der Waals surface area contributed by atoms with Gasteiger partial charge in [-0.1, -0.05) is 12.5 Å². The summed E-state index contributed by atoms with van der Waals surface area (Å²) in [5, 5.41) is 2.94. The molecule has 1 unspecified atom stereocenters. The average Bonchev–Trinajstić information content (AvgIpc) is 3.10. The van der Waals surface area contributed by atoms with Crippen molar-refractivity contribution in [3.63, 3.8) is 0 Å². The molecular weight excluding hydrogens is 301 g/mol. The molecule has 0 spiro atoms. The highest BCUT2D eigenvalue weighted by Crippen LogP contribution is 2.18. The predicted molar refractivity (Wildman–Crippen MR) is 103 cm³/mol. The van der Waals surface area contributed by atoms with Crippen molar-refractivity contribution in [2.75, 3.05) is 20.1 Å². The molecule has 23 heavy (non-hydrogen) atoms. The van der Waals surface area contributed by atoms with Crippen LogP contribution in [0.15, 0.2) is 29.3 Å². The summed E-state index contributed by atoms with van der Waals surface area (Å²) in [6.45, 7) is 6.34. The van der Waals surface area contributed by atoms with Crippen LogP contribution in [0.5, 0.6) is 0 Å². The van der Waals surface area contributed by atoms with E-state index in [1.165, 1.54) is 42.0 Å². The first-order valence-corrected chi connectivity index (χ1v) is 9.49. The van der Waals surface area contributed by atoms with Crippen LogP contribution in [0.3, 0.4) is 0 Å². The minimum atomic E-state index is 0.867. The molecule has 0 saturated carbocycles. The lowest BCUT2D eigenvalue weighted by Crippen LogP contribution is -2.08. The third kappa shape index (κ3) is 7.00. The topological polar surface area (TPSA) is 31.2 Å². The summed E-state index contributed by atoms with van der Waals surface area (Å²) in [5.41, 5.74) is 2.29. The molecule has 0 saturated heterocycles. The quantitative estimate of drug-likeness (QED) is 0.401. The fraction of sp³-hybridized carbons (Fsp3) is 0.474. The lowest BCUT2D eigenvalue weighted by atomic mass is 10.2. The van der Waals surface area contributed by atoms with Gasteiger partial charge in [0.2, 0.25) is 0 Å². The molecule has 2 aromatic rings. The molecule has 3 nitrogen and oxygen atoms in total. The summed E-state index contributed by atoms with van der Waals surface area (Å²) >= 11 is 0. The van der Waals surface area contributed by atoms with E-state index in [-0.39, 0.29) is 0 Å². The minimum absolute atomic E-state index is 0.867. The Morgan fingerprint density at radius 1 is 1.09 bits per heavy atom. The lowest BCUT2D eigenvalue weighted by molar-refractivity contribution is -0.492. The molecule has 2 rings (SSSR count). The predicted octanol–water partition coefficient (Wildman–Crippen LogP) is 4.40. The number of aromatic nitrogens is 1. The van der Waals surface area contributed by atoms with Crippen LogP contribution in [0.1, 0.15) is 47.7 Å². The number of hydrogen-bond acceptors (Lipinski definition) is 1. The first-order chi connectivity index (χ1) is 11.1. The second-order valence-corrected chi connectivity index (χ2v) is 7.87. The SMILES string of the molecule is Cc1ccc(C=NCCCCCC[N+](C)=Cc2ccc(C)[pH]2)[nH]1. The van der Waals surface area contributed by atoms with Crippen molar-refractivity contribution in [2.24, 2.45) is 4.99 Å². The fourth-order valence-corrected chi connectivity index (χ4v) is 3.66. The molecule has 4 heteroatoms. The zero-order valence-corrected chi connectivity index (χ0v) is 15.6. The Morgan fingerprint density at radius 3 is 2.61 bits per heavy atom. The molecule has 0 fully saturated rings. The maximum Gasteiger partial charge on any atom is 0.174 e. The van der Waals surface area contributed by atoms with Gasteiger partial charge in [0.25, 0.3) is 0 Å². The van der Waals surface area contributed by atoms with Crippen molar-refractivity contribution in [1.29, 1.82) is 0 Å². The summed E-state index contributed by atoms with van der Waals surface area (Å²) < 4.78 is 2.33. The highest BCUT2D eigenvalue weighted by Gasteiger charge is 2.00. The van der Waals surface area contributed by atoms with Gasteiger partial charge in [-0.3, -0.25) is 4.99 Å². The van der Waals surface area contributed by atoms with Crippen molar-refractivity contribution >= 4 is 20.6 Å². The van der Waals surface area contributed by atoms with Gasteiger partial charge in [-0.15, -0.1) is 8.19 Å². The van der Waals surface area contributed by atoms with Gasteiger partial charge in [0.05, 0.1) is 11.0 Å². The van der Waals surface area contributed by atoms with E-state index in [1.807, 2.05) is 6.21 Å². The van der Waals surface area contributed by atoms with Gasteiger partial charge < -0.3 is 4.98 Å². The largest absolute Gasteiger partial charge is 0.358 e. The molecule has 1 N–H and O–H groups in total. The number of nitrogens with one attached hydrogen (secondary N) is 1. The molecule has 0 aliphatic heterocycles. The molecule has 0 aliphatic rings. The van der Waals surface area contributed by atoms with Crippen molar-refractivity contribution in [3.8, 4) is 0 Å². The standard InChI is InChI=1S/C19H29N3P/c1-16-8-10-18(21-16)14-20-12-6-4-5-7-13-22(3)15-19-11-9-17(2)23-19/h8-11,14-15,21,23H,4-7,12-13H2,1-3H3/q+1. The monoisotopic (exact) mass is 330 g/mol. The third-order valence-electron chi connectivity index (χ3n) is 3.85. The van der Waals surface area contributed by atoms with Crippen molar-refractivity contribution in [1.82, 2.24) is 4.98 Å². The first-order valence-electron chi connectivity index (χ1n) is 8.49. The fourth-order valence-electron chi connectivity index (χ4n) is 2.58. The van der Waals surface area contributed by atoms with Crippen molar-refractivity contribution in [3.05, 3.63) is 46.2 Å². The highest BCUT2D eigenvalue weighted by molar-refractivity contribution is 7.33. The van der Waals surface area contributed by atoms with E-state index >= 15 is 0 Å². The number of unbranched alkanes of at least 4 members (excludes halogenated alkanes) is 3. The van der Waals surface area contributed by atoms with Crippen molar-refractivity contribution in [2.45, 2.75) is 39.5 Å². The Kier molecular flexibility index (Phi) is 7.35. The summed E-state index contributed by atoms with van der Waals surface area (Å²) in [4.78, 5) is 7.74. The van der Waals surface area contributed by atoms with Crippen LogP contribution in [0.4, 0.5) is 0 Å². The van der Waals surface area contributed by atoms with Crippen LogP contribution in [-0.2, 0) is 0 Å². The smallest absolute Gasteiger partial charge is 0.174 e. The number of aryl methyl sites for hydroxylation is 2. The molecule has 124 valence electrons. The van der Waals surface area contributed by atoms with Gasteiger partial charge in [-0.05, 0) is 50.2 Å². The van der Waals surface area contributed by atoms with E-state index in [2.05, 4.69) is 65.9 Å². The van der Waals surface area contributed by atoms with Crippen LogP contribution < -0.4 is 0 Å². The maximum atomic E-state index is 4.48. The first kappa shape index (κ1) is 17.7. The lowest BCUT2D eigenvalue weighted by Gasteiger charge is -1.98. The van der Waals surface area contributed by atoms with E-state index < -0.39 is 0 Å². The molecule has 0 amide bonds. The molecule has 0 aromatic carbocycles. The average molecular weight is 330 g/mol. The number of hydrogen-bond donors (Lipinski definition) is 1. The van der Waals surface area contributed by atoms with Gasteiger partial charge in [-0.2, -0.15) is 0 Å². The van der Waals surface area contributed by atoms with E-state index in [4.69, 9.17) is 0 Å². The zero-order valence-electron chi connectivity index (χ0n) is 14.6. The number of aromatic amines is 1. The van der Waals surface area contributed by atoms with Crippen molar-refractivity contribution < 1.29 is 4.58 Å². The molecule has 0 aliphatic carbocycles. The van der Waals surface area contributed by atoms with E-state index in [9.17, 15) is 0 Å². The van der Waals surface area contributed by atoms with E-state index in [0.717, 1.165) is 27.0 Å². The Balaban J connectivity index is 1.54. The van der Waals surface area contributed by atoms with Gasteiger partial charge in [0.15, 0.2) is 6.21 Å². The number of nitrogens with zero attached hydrogens (tertiary/aromatic N) is 2. The Bertz CT molecular complexity index is 649. The molecule has 2 aromatic heterocycles. The van der Waals surface area contributed by atoms with Crippen LogP contribution in [0, 0.1) is 13.8 Å². The third-order valence-corrected chi connectivity index (χ3v) is 4.99. The van der Waals surface area contributed by atoms with Gasteiger partial charge in [-0.25, -0.2) is 4.58 Å².